The van der Waals surface area contributed by atoms with E-state index in [1.165, 1.54) is 32.1 Å². The fourth-order valence-electron chi connectivity index (χ4n) is 3.46. The van der Waals surface area contributed by atoms with Crippen LogP contribution < -0.4 is 0 Å². The highest BCUT2D eigenvalue weighted by atomic mass is 32.2. The summed E-state index contributed by atoms with van der Waals surface area (Å²) in [5.74, 6) is -0.423. The predicted molar refractivity (Wildman–Crippen MR) is 113 cm³/mol. The largest absolute Gasteiger partial charge is 0.748 e. The van der Waals surface area contributed by atoms with Crippen LogP contribution in [-0.2, 0) is 20.6 Å². The Hall–Kier alpha value is -1.57. The molecule has 1 saturated heterocycles. The highest BCUT2D eigenvalue weighted by Gasteiger charge is 2.24. The van der Waals surface area contributed by atoms with E-state index in [2.05, 4.69) is 23.0 Å². The fraction of sp³-hybridized carbons (Fsp3) is 0.667. The standard InChI is InChI=1S/C14H26N3O.C7H8O3S/c1-17(9-11-18-12-10-17)8-7-15-13-16-14-5-3-2-4-6-14;8-11(9,10)6-7-4-2-1-3-5-7/h14H,2-12H2,1H3;1-5H,6H2,(H,8,9,10)/q+1;/p-1. The zero-order valence-corrected chi connectivity index (χ0v) is 18.1. The number of ether oxygens (including phenoxy) is 1. The maximum Gasteiger partial charge on any atom is 0.102 e. The van der Waals surface area contributed by atoms with E-state index in [1.807, 2.05) is 0 Å². The first-order valence-electron chi connectivity index (χ1n) is 10.4. The summed E-state index contributed by atoms with van der Waals surface area (Å²) in [4.78, 5) is 8.77. The van der Waals surface area contributed by atoms with Crippen LogP contribution in [-0.4, -0.2) is 75.9 Å². The lowest BCUT2D eigenvalue weighted by Crippen LogP contribution is -2.53. The predicted octanol–water partition coefficient (Wildman–Crippen LogP) is 2.70. The fourth-order valence-corrected chi connectivity index (χ4v) is 4.06. The van der Waals surface area contributed by atoms with Crippen molar-refractivity contribution in [3.8, 4) is 0 Å². The van der Waals surface area contributed by atoms with E-state index in [1.54, 1.807) is 30.3 Å². The second-order valence-electron chi connectivity index (χ2n) is 7.99. The van der Waals surface area contributed by atoms with Crippen LogP contribution in [0.3, 0.4) is 0 Å². The van der Waals surface area contributed by atoms with E-state index in [0.717, 1.165) is 43.9 Å². The van der Waals surface area contributed by atoms with Gasteiger partial charge in [-0.05, 0) is 18.4 Å². The summed E-state index contributed by atoms with van der Waals surface area (Å²) in [6, 6.07) is 11.8. The minimum absolute atomic E-state index is 0.423. The van der Waals surface area contributed by atoms with Crippen LogP contribution in [0.1, 0.15) is 37.7 Å². The lowest BCUT2D eigenvalue weighted by atomic mass is 9.96. The van der Waals surface area contributed by atoms with Crippen LogP contribution >= 0.6 is 0 Å². The highest BCUT2D eigenvalue weighted by Crippen LogP contribution is 2.19. The van der Waals surface area contributed by atoms with Crippen molar-refractivity contribution in [2.75, 3.05) is 46.4 Å². The zero-order chi connectivity index (χ0) is 21.0. The molecule has 2 fully saturated rings. The molecule has 0 N–H and O–H groups in total. The average molecular weight is 424 g/mol. The number of likely N-dealkylation sites (N-methyl/N-ethyl adjacent to an activating group) is 1. The Morgan fingerprint density at radius 3 is 2.41 bits per heavy atom. The summed E-state index contributed by atoms with van der Waals surface area (Å²) in [6.07, 6.45) is 6.48. The van der Waals surface area contributed by atoms with Gasteiger partial charge in [-0.3, -0.25) is 0 Å². The molecular weight excluding hydrogens is 390 g/mol. The molecule has 0 bridgehead atoms. The number of hydrogen-bond donors (Lipinski definition) is 0. The molecule has 1 aliphatic carbocycles. The maximum absolute atomic E-state index is 10.2. The van der Waals surface area contributed by atoms with Crippen molar-refractivity contribution >= 4 is 16.1 Å². The van der Waals surface area contributed by atoms with Gasteiger partial charge in [0, 0.05) is 0 Å². The van der Waals surface area contributed by atoms with Gasteiger partial charge < -0.3 is 13.8 Å². The summed E-state index contributed by atoms with van der Waals surface area (Å²) in [5, 5.41) is 0. The molecule has 2 aliphatic rings. The van der Waals surface area contributed by atoms with Crippen molar-refractivity contribution in [3.63, 3.8) is 0 Å². The maximum atomic E-state index is 10.2. The number of rotatable bonds is 6. The molecule has 0 atom stereocenters. The molecule has 0 amide bonds. The van der Waals surface area contributed by atoms with Crippen molar-refractivity contribution in [2.24, 2.45) is 9.98 Å². The van der Waals surface area contributed by atoms with Gasteiger partial charge in [-0.1, -0.05) is 49.6 Å². The normalized spacial score (nSPS) is 19.4. The lowest BCUT2D eigenvalue weighted by molar-refractivity contribution is -0.915. The molecule has 162 valence electrons. The molecule has 1 aromatic carbocycles. The topological polar surface area (TPSA) is 91.2 Å². The van der Waals surface area contributed by atoms with E-state index in [-0.39, 0.29) is 0 Å². The number of quaternary nitrogens is 1. The number of hydrogen-bond acceptors (Lipinski definition) is 6. The van der Waals surface area contributed by atoms with Gasteiger partial charge in [0.15, 0.2) is 0 Å². The Kier molecular flexibility index (Phi) is 9.97. The smallest absolute Gasteiger partial charge is 0.102 e. The van der Waals surface area contributed by atoms with Crippen LogP contribution in [0, 0.1) is 0 Å². The van der Waals surface area contributed by atoms with Gasteiger partial charge >= 0.3 is 0 Å². The molecule has 3 rings (SSSR count). The third-order valence-corrected chi connectivity index (χ3v) is 6.06. The van der Waals surface area contributed by atoms with E-state index in [0.29, 0.717) is 11.6 Å². The Morgan fingerprint density at radius 1 is 1.14 bits per heavy atom. The second-order valence-corrected chi connectivity index (χ2v) is 9.40. The molecule has 29 heavy (non-hydrogen) atoms. The number of benzene rings is 1. The van der Waals surface area contributed by atoms with Gasteiger partial charge in [-0.15, -0.1) is 0 Å². The molecule has 0 radical (unpaired) electrons. The highest BCUT2D eigenvalue weighted by molar-refractivity contribution is 7.84. The third kappa shape index (κ3) is 10.7. The molecule has 0 spiro atoms. The molecule has 0 aromatic heterocycles. The molecule has 1 aliphatic heterocycles. The van der Waals surface area contributed by atoms with Crippen molar-refractivity contribution in [1.82, 2.24) is 0 Å². The van der Waals surface area contributed by atoms with Gasteiger partial charge in [0.05, 0.1) is 61.3 Å². The molecule has 1 heterocycles. The first-order valence-corrected chi connectivity index (χ1v) is 11.9. The van der Waals surface area contributed by atoms with E-state index in [9.17, 15) is 13.0 Å². The third-order valence-electron chi connectivity index (χ3n) is 5.37. The van der Waals surface area contributed by atoms with Crippen molar-refractivity contribution in [2.45, 2.75) is 43.9 Å². The summed E-state index contributed by atoms with van der Waals surface area (Å²) < 4.78 is 37.2. The van der Waals surface area contributed by atoms with E-state index in [4.69, 9.17) is 4.74 Å². The van der Waals surface area contributed by atoms with E-state index < -0.39 is 15.9 Å². The second kappa shape index (κ2) is 12.2. The average Bonchev–Trinajstić information content (AvgIpc) is 2.69. The van der Waals surface area contributed by atoms with E-state index >= 15 is 0 Å². The summed E-state index contributed by atoms with van der Waals surface area (Å²) in [6.45, 7) is 5.90. The van der Waals surface area contributed by atoms with Gasteiger partial charge in [0.1, 0.15) is 13.1 Å². The van der Waals surface area contributed by atoms with Crippen molar-refractivity contribution in [1.29, 1.82) is 0 Å². The van der Waals surface area contributed by atoms with Crippen LogP contribution in [0.15, 0.2) is 40.3 Å². The summed E-state index contributed by atoms with van der Waals surface area (Å²) in [7, 11) is -1.84. The zero-order valence-electron chi connectivity index (χ0n) is 17.3. The quantitative estimate of drug-likeness (QED) is 0.400. The van der Waals surface area contributed by atoms with Gasteiger partial charge in [0.2, 0.25) is 0 Å². The van der Waals surface area contributed by atoms with Crippen LogP contribution in [0.5, 0.6) is 0 Å². The monoisotopic (exact) mass is 423 g/mol. The molecular formula is C21H33N3O4S. The van der Waals surface area contributed by atoms with Crippen molar-refractivity contribution in [3.05, 3.63) is 35.9 Å². The minimum atomic E-state index is -4.13. The number of aliphatic imine (C=N–C) groups is 2. The van der Waals surface area contributed by atoms with Crippen LogP contribution in [0.25, 0.3) is 0 Å². The molecule has 0 unspecified atom stereocenters. The Balaban J connectivity index is 0.000000234. The van der Waals surface area contributed by atoms with Crippen LogP contribution in [0.4, 0.5) is 0 Å². The lowest BCUT2D eigenvalue weighted by Gasteiger charge is -2.36. The molecule has 7 nitrogen and oxygen atoms in total. The number of morpholine rings is 1. The van der Waals surface area contributed by atoms with Gasteiger partial charge in [0.25, 0.3) is 0 Å². The summed E-state index contributed by atoms with van der Waals surface area (Å²) >= 11 is 0. The molecule has 8 heteroatoms. The first-order chi connectivity index (χ1) is 13.9. The Morgan fingerprint density at radius 2 is 1.79 bits per heavy atom. The van der Waals surface area contributed by atoms with Gasteiger partial charge in [-0.2, -0.15) is 0 Å². The Labute approximate surface area is 174 Å². The SMILES string of the molecule is C[N+]1(CCN=C=NC2CCCCC2)CCOCC1.O=S(=O)([O-])Cc1ccccc1. The first kappa shape index (κ1) is 23.7. The Bertz CT molecular complexity index is 749. The number of nitrogens with zero attached hydrogens (tertiary/aromatic N) is 3. The summed E-state index contributed by atoms with van der Waals surface area (Å²) in [5.41, 5.74) is 0.530. The van der Waals surface area contributed by atoms with Gasteiger partial charge in [-0.25, -0.2) is 18.4 Å². The van der Waals surface area contributed by atoms with Crippen LogP contribution in [0.2, 0.25) is 0 Å². The molecule has 1 saturated carbocycles. The minimum Gasteiger partial charge on any atom is -0.748 e. The van der Waals surface area contributed by atoms with Crippen molar-refractivity contribution < 1.29 is 22.2 Å². The molecule has 1 aromatic rings.